The quantitative estimate of drug-likeness (QED) is 0.714. The number of amides is 1. The summed E-state index contributed by atoms with van der Waals surface area (Å²) in [6.07, 6.45) is 2.65. The molecule has 1 amide bonds. The molecular weight excluding hydrogens is 352 g/mol. The van der Waals surface area contributed by atoms with Crippen molar-refractivity contribution in [1.82, 2.24) is 9.80 Å². The Morgan fingerprint density at radius 3 is 2.31 bits per heavy atom. The molecule has 0 aliphatic carbocycles. The number of ketones is 1. The molecule has 2 fully saturated rings. The lowest BCUT2D eigenvalue weighted by Gasteiger charge is -2.36. The van der Waals surface area contributed by atoms with Crippen molar-refractivity contribution in [2.45, 2.75) is 25.7 Å². The Balaban J connectivity index is 1.38. The fourth-order valence-corrected chi connectivity index (χ4v) is 3.80. The van der Waals surface area contributed by atoms with E-state index in [9.17, 15) is 9.59 Å². The summed E-state index contributed by atoms with van der Waals surface area (Å²) >= 11 is 5.84. The van der Waals surface area contributed by atoms with Crippen molar-refractivity contribution in [2.24, 2.45) is 5.92 Å². The third-order valence-corrected chi connectivity index (χ3v) is 5.57. The zero-order valence-corrected chi connectivity index (χ0v) is 15.9. The van der Waals surface area contributed by atoms with Crippen LogP contribution in [0.4, 0.5) is 0 Å². The van der Waals surface area contributed by atoms with Gasteiger partial charge in [-0.1, -0.05) is 11.6 Å². The highest BCUT2D eigenvalue weighted by Crippen LogP contribution is 2.20. The Hall–Kier alpha value is -1.43. The number of Topliss-reactive ketones (excluding diaryl/α,β-unsaturated/α-hetero) is 1. The third kappa shape index (κ3) is 5.53. The van der Waals surface area contributed by atoms with E-state index in [1.807, 2.05) is 4.90 Å². The van der Waals surface area contributed by atoms with Crippen molar-refractivity contribution in [2.75, 3.05) is 45.9 Å². The van der Waals surface area contributed by atoms with Gasteiger partial charge in [-0.15, -0.1) is 0 Å². The molecule has 2 aliphatic heterocycles. The summed E-state index contributed by atoms with van der Waals surface area (Å²) in [5, 5.41) is 0.609. The molecule has 0 N–H and O–H groups in total. The third-order valence-electron chi connectivity index (χ3n) is 5.32. The predicted molar refractivity (Wildman–Crippen MR) is 102 cm³/mol. The van der Waals surface area contributed by atoms with E-state index in [0.717, 1.165) is 58.8 Å². The lowest BCUT2D eigenvalue weighted by atomic mass is 9.95. The van der Waals surface area contributed by atoms with Gasteiger partial charge in [0.05, 0.1) is 13.2 Å². The van der Waals surface area contributed by atoms with Crippen LogP contribution in [0.25, 0.3) is 0 Å². The maximum absolute atomic E-state index is 12.4. The van der Waals surface area contributed by atoms with Gasteiger partial charge in [-0.2, -0.15) is 0 Å². The highest BCUT2D eigenvalue weighted by Gasteiger charge is 2.25. The monoisotopic (exact) mass is 378 g/mol. The molecule has 1 aromatic rings. The summed E-state index contributed by atoms with van der Waals surface area (Å²) in [7, 11) is 0. The highest BCUT2D eigenvalue weighted by molar-refractivity contribution is 6.30. The zero-order valence-electron chi connectivity index (χ0n) is 15.2. The number of halogens is 1. The second kappa shape index (κ2) is 9.49. The van der Waals surface area contributed by atoms with Gasteiger partial charge in [-0.3, -0.25) is 14.5 Å². The highest BCUT2D eigenvalue weighted by atomic mass is 35.5. The Bertz CT molecular complexity index is 606. The molecule has 0 atom stereocenters. The van der Waals surface area contributed by atoms with Gasteiger partial charge >= 0.3 is 0 Å². The minimum Gasteiger partial charge on any atom is -0.379 e. The molecule has 0 unspecified atom stereocenters. The van der Waals surface area contributed by atoms with Crippen LogP contribution in [-0.2, 0) is 9.53 Å². The van der Waals surface area contributed by atoms with Crippen LogP contribution in [0.2, 0.25) is 5.02 Å². The number of hydrogen-bond acceptors (Lipinski definition) is 4. The SMILES string of the molecule is O=C(CCC(=O)N1CCC(CN2CCOCC2)CC1)c1ccc(Cl)cc1. The van der Waals surface area contributed by atoms with Crippen molar-refractivity contribution in [3.05, 3.63) is 34.9 Å². The van der Waals surface area contributed by atoms with Crippen molar-refractivity contribution in [1.29, 1.82) is 0 Å². The summed E-state index contributed by atoms with van der Waals surface area (Å²) in [6, 6.07) is 6.84. The number of morpholine rings is 1. The van der Waals surface area contributed by atoms with Crippen molar-refractivity contribution < 1.29 is 14.3 Å². The second-order valence-corrected chi connectivity index (χ2v) is 7.60. The topological polar surface area (TPSA) is 49.9 Å². The Morgan fingerprint density at radius 1 is 1.00 bits per heavy atom. The molecule has 2 aliphatic rings. The van der Waals surface area contributed by atoms with Gasteiger partial charge < -0.3 is 9.64 Å². The first-order valence-corrected chi connectivity index (χ1v) is 9.86. The van der Waals surface area contributed by atoms with Gasteiger partial charge in [0.2, 0.25) is 5.91 Å². The number of benzene rings is 1. The van der Waals surface area contributed by atoms with Crippen LogP contribution in [-0.4, -0.2) is 67.4 Å². The number of likely N-dealkylation sites (tertiary alicyclic amines) is 1. The molecular formula is C20H27ClN2O3. The van der Waals surface area contributed by atoms with Crippen LogP contribution >= 0.6 is 11.6 Å². The minimum atomic E-state index is -0.00257. The normalized spacial score (nSPS) is 19.5. The molecule has 0 spiro atoms. The molecule has 0 bridgehead atoms. The van der Waals surface area contributed by atoms with Crippen LogP contribution in [0.15, 0.2) is 24.3 Å². The first-order chi connectivity index (χ1) is 12.6. The summed E-state index contributed by atoms with van der Waals surface area (Å²) in [5.74, 6) is 0.752. The van der Waals surface area contributed by atoms with Gasteiger partial charge in [-0.25, -0.2) is 0 Å². The number of nitrogens with zero attached hydrogens (tertiary/aromatic N) is 2. The molecule has 0 radical (unpaired) electrons. The van der Waals surface area contributed by atoms with Crippen molar-refractivity contribution in [3.63, 3.8) is 0 Å². The van der Waals surface area contributed by atoms with E-state index in [2.05, 4.69) is 4.90 Å². The van der Waals surface area contributed by atoms with Crippen molar-refractivity contribution in [3.8, 4) is 0 Å². The van der Waals surface area contributed by atoms with Crippen LogP contribution in [0.5, 0.6) is 0 Å². The Morgan fingerprint density at radius 2 is 1.65 bits per heavy atom. The largest absolute Gasteiger partial charge is 0.379 e. The van der Waals surface area contributed by atoms with Crippen LogP contribution in [0.3, 0.4) is 0 Å². The number of carbonyl (C=O) groups is 2. The number of hydrogen-bond donors (Lipinski definition) is 0. The summed E-state index contributed by atoms with van der Waals surface area (Å²) in [6.45, 7) is 6.43. The van der Waals surface area contributed by atoms with Gasteiger partial charge in [0.15, 0.2) is 5.78 Å². The molecule has 0 saturated carbocycles. The maximum atomic E-state index is 12.4. The molecule has 1 aromatic carbocycles. The van der Waals surface area contributed by atoms with Crippen molar-refractivity contribution >= 4 is 23.3 Å². The maximum Gasteiger partial charge on any atom is 0.223 e. The van der Waals surface area contributed by atoms with E-state index >= 15 is 0 Å². The Kier molecular flexibility index (Phi) is 7.06. The van der Waals surface area contributed by atoms with Crippen LogP contribution in [0, 0.1) is 5.92 Å². The minimum absolute atomic E-state index is 0.00257. The molecule has 2 heterocycles. The van der Waals surface area contributed by atoms with Gasteiger partial charge in [0.1, 0.15) is 0 Å². The lowest BCUT2D eigenvalue weighted by Crippen LogP contribution is -2.44. The number of rotatable bonds is 6. The van der Waals surface area contributed by atoms with E-state index < -0.39 is 0 Å². The van der Waals surface area contributed by atoms with Gasteiger partial charge in [0, 0.05) is 56.2 Å². The molecule has 2 saturated heterocycles. The molecule has 3 rings (SSSR count). The number of ether oxygens (including phenoxy) is 1. The first kappa shape index (κ1) is 19.3. The lowest BCUT2D eigenvalue weighted by molar-refractivity contribution is -0.132. The molecule has 0 aromatic heterocycles. The number of carbonyl (C=O) groups excluding carboxylic acids is 2. The van der Waals surface area contributed by atoms with Gasteiger partial charge in [0.25, 0.3) is 0 Å². The zero-order chi connectivity index (χ0) is 18.4. The van der Waals surface area contributed by atoms with E-state index in [1.165, 1.54) is 0 Å². The van der Waals surface area contributed by atoms with Gasteiger partial charge in [-0.05, 0) is 43.0 Å². The number of piperidine rings is 1. The average Bonchev–Trinajstić information content (AvgIpc) is 2.68. The summed E-state index contributed by atoms with van der Waals surface area (Å²) in [5.41, 5.74) is 0.617. The summed E-state index contributed by atoms with van der Waals surface area (Å²) < 4.78 is 5.39. The predicted octanol–water partition coefficient (Wildman–Crippen LogP) is 2.87. The fourth-order valence-electron chi connectivity index (χ4n) is 3.67. The second-order valence-electron chi connectivity index (χ2n) is 7.17. The van der Waals surface area contributed by atoms with Crippen LogP contribution in [0.1, 0.15) is 36.0 Å². The fraction of sp³-hybridized carbons (Fsp3) is 0.600. The molecule has 142 valence electrons. The van der Waals surface area contributed by atoms with Crippen LogP contribution < -0.4 is 0 Å². The average molecular weight is 379 g/mol. The molecule has 26 heavy (non-hydrogen) atoms. The first-order valence-electron chi connectivity index (χ1n) is 9.48. The van der Waals surface area contributed by atoms with E-state index in [-0.39, 0.29) is 24.5 Å². The smallest absolute Gasteiger partial charge is 0.223 e. The van der Waals surface area contributed by atoms with E-state index in [0.29, 0.717) is 16.5 Å². The summed E-state index contributed by atoms with van der Waals surface area (Å²) in [4.78, 5) is 29.0. The van der Waals surface area contributed by atoms with E-state index in [4.69, 9.17) is 16.3 Å². The molecule has 5 nitrogen and oxygen atoms in total. The Labute approximate surface area is 160 Å². The standard InChI is InChI=1S/C20H27ClN2O3/c21-18-3-1-17(2-4-18)19(24)5-6-20(25)23-9-7-16(8-10-23)15-22-11-13-26-14-12-22/h1-4,16H,5-15H2. The van der Waals surface area contributed by atoms with E-state index in [1.54, 1.807) is 24.3 Å². The molecule has 6 heteroatoms.